The number of hydrogen-bond acceptors (Lipinski definition) is 2. The number of halogens is 3. The molecule has 1 fully saturated rings. The second-order valence-corrected chi connectivity index (χ2v) is 8.12. The standard InChI is InChI=1S/C13H16BrF2NO2S/c14-10-3-1-2-9(6-10)8-17-20(18,19)11-4-5-12(15)13(16)7-11/h4-5,7,9-10,17H,1-3,6,8H2. The third kappa shape index (κ3) is 3.99. The highest BCUT2D eigenvalue weighted by molar-refractivity contribution is 9.09. The molecule has 0 heterocycles. The molecule has 0 aromatic heterocycles. The minimum Gasteiger partial charge on any atom is -0.211 e. The van der Waals surface area contributed by atoms with Gasteiger partial charge in [-0.05, 0) is 43.4 Å². The summed E-state index contributed by atoms with van der Waals surface area (Å²) in [5, 5.41) is 0. The predicted octanol–water partition coefficient (Wildman–Crippen LogP) is 3.20. The summed E-state index contributed by atoms with van der Waals surface area (Å²) in [5.74, 6) is -1.95. The fourth-order valence-corrected chi connectivity index (χ4v) is 4.35. The molecule has 3 nitrogen and oxygen atoms in total. The highest BCUT2D eigenvalue weighted by atomic mass is 79.9. The van der Waals surface area contributed by atoms with Crippen LogP contribution in [0.5, 0.6) is 0 Å². The Kier molecular flexibility index (Phi) is 5.14. The highest BCUT2D eigenvalue weighted by Gasteiger charge is 2.23. The molecule has 1 N–H and O–H groups in total. The van der Waals surface area contributed by atoms with Gasteiger partial charge < -0.3 is 0 Å². The molecule has 1 aliphatic carbocycles. The average molecular weight is 368 g/mol. The number of rotatable bonds is 4. The zero-order chi connectivity index (χ0) is 14.8. The van der Waals surface area contributed by atoms with Gasteiger partial charge in [0.2, 0.25) is 10.0 Å². The van der Waals surface area contributed by atoms with Crippen molar-refractivity contribution in [1.29, 1.82) is 0 Å². The molecule has 20 heavy (non-hydrogen) atoms. The van der Waals surface area contributed by atoms with Gasteiger partial charge in [-0.3, -0.25) is 0 Å². The SMILES string of the molecule is O=S(=O)(NCC1CCCC(Br)C1)c1ccc(F)c(F)c1. The van der Waals surface area contributed by atoms with E-state index in [1.54, 1.807) is 0 Å². The minimum absolute atomic E-state index is 0.248. The number of benzene rings is 1. The van der Waals surface area contributed by atoms with Crippen LogP contribution in [0.15, 0.2) is 23.1 Å². The van der Waals surface area contributed by atoms with E-state index >= 15 is 0 Å². The van der Waals surface area contributed by atoms with Crippen molar-refractivity contribution in [2.75, 3.05) is 6.54 Å². The van der Waals surface area contributed by atoms with E-state index in [0.29, 0.717) is 17.4 Å². The number of nitrogens with one attached hydrogen (secondary N) is 1. The summed E-state index contributed by atoms with van der Waals surface area (Å²) in [7, 11) is -3.79. The van der Waals surface area contributed by atoms with E-state index < -0.39 is 21.7 Å². The van der Waals surface area contributed by atoms with Crippen LogP contribution in [0.3, 0.4) is 0 Å². The van der Waals surface area contributed by atoms with Crippen molar-refractivity contribution in [2.45, 2.75) is 35.4 Å². The maximum Gasteiger partial charge on any atom is 0.240 e. The maximum atomic E-state index is 13.1. The van der Waals surface area contributed by atoms with Crippen molar-refractivity contribution < 1.29 is 17.2 Å². The number of sulfonamides is 1. The van der Waals surface area contributed by atoms with Crippen LogP contribution >= 0.6 is 15.9 Å². The Balaban J connectivity index is 2.01. The van der Waals surface area contributed by atoms with Crippen molar-refractivity contribution in [2.24, 2.45) is 5.92 Å². The second-order valence-electron chi connectivity index (χ2n) is 5.06. The molecule has 2 rings (SSSR count). The molecule has 2 unspecified atom stereocenters. The fraction of sp³-hybridized carbons (Fsp3) is 0.538. The summed E-state index contributed by atoms with van der Waals surface area (Å²) in [5.41, 5.74) is 0. The Hall–Kier alpha value is -0.530. The molecule has 112 valence electrons. The van der Waals surface area contributed by atoms with Gasteiger partial charge >= 0.3 is 0 Å². The van der Waals surface area contributed by atoms with E-state index in [4.69, 9.17) is 0 Å². The monoisotopic (exact) mass is 367 g/mol. The molecule has 1 aromatic rings. The predicted molar refractivity (Wildman–Crippen MR) is 76.2 cm³/mol. The average Bonchev–Trinajstić information content (AvgIpc) is 2.40. The Morgan fingerprint density at radius 2 is 2.00 bits per heavy atom. The lowest BCUT2D eigenvalue weighted by Crippen LogP contribution is -2.32. The van der Waals surface area contributed by atoms with Crippen LogP contribution < -0.4 is 4.72 Å². The third-order valence-electron chi connectivity index (χ3n) is 3.48. The molecule has 0 saturated heterocycles. The molecule has 0 amide bonds. The van der Waals surface area contributed by atoms with Crippen molar-refractivity contribution in [3.8, 4) is 0 Å². The van der Waals surface area contributed by atoms with Gasteiger partial charge in [0.15, 0.2) is 11.6 Å². The molecular formula is C13H16BrF2NO2S. The zero-order valence-corrected chi connectivity index (χ0v) is 13.2. The van der Waals surface area contributed by atoms with Crippen LogP contribution in [0, 0.1) is 17.6 Å². The van der Waals surface area contributed by atoms with E-state index in [1.807, 2.05) is 0 Å². The van der Waals surface area contributed by atoms with Crippen LogP contribution in [-0.4, -0.2) is 19.8 Å². The van der Waals surface area contributed by atoms with Gasteiger partial charge in [-0.25, -0.2) is 21.9 Å². The Morgan fingerprint density at radius 3 is 2.65 bits per heavy atom. The smallest absolute Gasteiger partial charge is 0.211 e. The summed E-state index contributed by atoms with van der Waals surface area (Å²) in [6.07, 6.45) is 4.06. The second kappa shape index (κ2) is 6.49. The molecule has 7 heteroatoms. The molecule has 0 spiro atoms. The van der Waals surface area contributed by atoms with Gasteiger partial charge in [0, 0.05) is 11.4 Å². The topological polar surface area (TPSA) is 46.2 Å². The van der Waals surface area contributed by atoms with Crippen LogP contribution in [0.1, 0.15) is 25.7 Å². The maximum absolute atomic E-state index is 13.1. The Labute approximate surface area is 125 Å². The summed E-state index contributed by atoms with van der Waals surface area (Å²) in [6.45, 7) is 0.323. The first-order valence-corrected chi connectivity index (χ1v) is 8.87. The Bertz CT molecular complexity index is 580. The van der Waals surface area contributed by atoms with Crippen molar-refractivity contribution in [3.63, 3.8) is 0 Å². The van der Waals surface area contributed by atoms with Crippen LogP contribution in [0.4, 0.5) is 8.78 Å². The summed E-state index contributed by atoms with van der Waals surface area (Å²) >= 11 is 3.54. The molecule has 0 radical (unpaired) electrons. The summed E-state index contributed by atoms with van der Waals surface area (Å²) < 4.78 is 52.4. The van der Waals surface area contributed by atoms with Crippen LogP contribution in [-0.2, 0) is 10.0 Å². The van der Waals surface area contributed by atoms with Crippen LogP contribution in [0.2, 0.25) is 0 Å². The lowest BCUT2D eigenvalue weighted by Gasteiger charge is -2.25. The molecule has 1 aliphatic rings. The van der Waals surface area contributed by atoms with Crippen molar-refractivity contribution in [3.05, 3.63) is 29.8 Å². The molecule has 1 aromatic carbocycles. The van der Waals surface area contributed by atoms with Crippen molar-refractivity contribution in [1.82, 2.24) is 4.72 Å². The van der Waals surface area contributed by atoms with Crippen molar-refractivity contribution >= 4 is 26.0 Å². The van der Waals surface area contributed by atoms with Crippen LogP contribution in [0.25, 0.3) is 0 Å². The van der Waals surface area contributed by atoms with Gasteiger partial charge in [0.25, 0.3) is 0 Å². The fourth-order valence-electron chi connectivity index (χ4n) is 2.37. The summed E-state index contributed by atoms with van der Waals surface area (Å²) in [6, 6.07) is 2.58. The lowest BCUT2D eigenvalue weighted by atomic mass is 9.89. The first-order chi connectivity index (χ1) is 9.38. The lowest BCUT2D eigenvalue weighted by molar-refractivity contribution is 0.368. The van der Waals surface area contributed by atoms with Gasteiger partial charge in [0.05, 0.1) is 4.90 Å². The van der Waals surface area contributed by atoms with Gasteiger partial charge in [0.1, 0.15) is 0 Å². The van der Waals surface area contributed by atoms with E-state index in [0.717, 1.165) is 37.8 Å². The number of hydrogen-bond donors (Lipinski definition) is 1. The molecule has 1 saturated carbocycles. The zero-order valence-electron chi connectivity index (χ0n) is 10.8. The van der Waals surface area contributed by atoms with Gasteiger partial charge in [-0.15, -0.1) is 0 Å². The molecule has 0 bridgehead atoms. The molecular weight excluding hydrogens is 352 g/mol. The highest BCUT2D eigenvalue weighted by Crippen LogP contribution is 2.28. The Morgan fingerprint density at radius 1 is 1.25 bits per heavy atom. The molecule has 0 aliphatic heterocycles. The van der Waals surface area contributed by atoms with E-state index in [9.17, 15) is 17.2 Å². The quantitative estimate of drug-likeness (QED) is 0.830. The van der Waals surface area contributed by atoms with E-state index in [2.05, 4.69) is 20.7 Å². The normalized spacial score (nSPS) is 23.8. The minimum atomic E-state index is -3.79. The molecule has 2 atom stereocenters. The van der Waals surface area contributed by atoms with E-state index in [1.165, 1.54) is 0 Å². The largest absolute Gasteiger partial charge is 0.240 e. The van der Waals surface area contributed by atoms with Gasteiger partial charge in [-0.2, -0.15) is 0 Å². The van der Waals surface area contributed by atoms with E-state index in [-0.39, 0.29) is 10.8 Å². The van der Waals surface area contributed by atoms with Gasteiger partial charge in [-0.1, -0.05) is 22.4 Å². The number of alkyl halides is 1. The third-order valence-corrected chi connectivity index (χ3v) is 5.74. The first kappa shape index (κ1) is 15.9. The first-order valence-electron chi connectivity index (χ1n) is 6.47. The summed E-state index contributed by atoms with van der Waals surface area (Å²) in [4.78, 5) is 0.177.